The second-order valence-corrected chi connectivity index (χ2v) is 11.7. The van der Waals surface area contributed by atoms with Gasteiger partial charge >= 0.3 is 6.36 Å². The molecular formula is C30H35F3N6O2. The number of rotatable bonds is 8. The van der Waals surface area contributed by atoms with Crippen LogP contribution in [0.3, 0.4) is 0 Å². The molecule has 0 bridgehead atoms. The zero-order valence-electron chi connectivity index (χ0n) is 23.5. The van der Waals surface area contributed by atoms with Crippen LogP contribution in [0.25, 0.3) is 0 Å². The Bertz CT molecular complexity index is 1410. The second kappa shape index (κ2) is 10.7. The number of pyridine rings is 1. The summed E-state index contributed by atoms with van der Waals surface area (Å²) in [6, 6.07) is 11.5. The highest BCUT2D eigenvalue weighted by molar-refractivity contribution is 5.99. The van der Waals surface area contributed by atoms with Gasteiger partial charge in [0.15, 0.2) is 5.84 Å². The summed E-state index contributed by atoms with van der Waals surface area (Å²) in [5, 5.41) is 4.80. The first-order chi connectivity index (χ1) is 19.5. The molecule has 11 heteroatoms. The molecule has 2 aliphatic carbocycles. The van der Waals surface area contributed by atoms with E-state index in [4.69, 9.17) is 9.94 Å². The number of ether oxygens (including phenoxy) is 1. The van der Waals surface area contributed by atoms with Crippen LogP contribution in [0.5, 0.6) is 5.75 Å². The van der Waals surface area contributed by atoms with Crippen molar-refractivity contribution in [2.45, 2.75) is 64.6 Å². The smallest absolute Gasteiger partial charge is 0.406 e. The highest BCUT2D eigenvalue weighted by atomic mass is 19.4. The van der Waals surface area contributed by atoms with Gasteiger partial charge in [0, 0.05) is 31.0 Å². The maximum atomic E-state index is 12.5. The number of hydrogen-bond donors (Lipinski definition) is 1. The molecule has 41 heavy (non-hydrogen) atoms. The Kier molecular flexibility index (Phi) is 7.17. The van der Waals surface area contributed by atoms with Gasteiger partial charge in [0.1, 0.15) is 17.3 Å². The van der Waals surface area contributed by atoms with E-state index in [2.05, 4.69) is 38.2 Å². The summed E-state index contributed by atoms with van der Waals surface area (Å²) in [6.45, 7) is 5.37. The van der Waals surface area contributed by atoms with Crippen molar-refractivity contribution in [2.75, 3.05) is 18.5 Å². The van der Waals surface area contributed by atoms with Gasteiger partial charge in [0.05, 0.1) is 6.54 Å². The highest BCUT2D eigenvalue weighted by Gasteiger charge is 2.39. The fourth-order valence-electron chi connectivity index (χ4n) is 6.02. The van der Waals surface area contributed by atoms with Crippen molar-refractivity contribution < 1.29 is 22.7 Å². The van der Waals surface area contributed by atoms with Gasteiger partial charge in [0.2, 0.25) is 5.72 Å². The normalized spacial score (nSPS) is 25.6. The number of alkyl halides is 3. The molecule has 0 saturated heterocycles. The molecule has 218 valence electrons. The van der Waals surface area contributed by atoms with E-state index in [1.807, 2.05) is 29.9 Å². The number of anilines is 1. The zero-order chi connectivity index (χ0) is 28.8. The first-order valence-electron chi connectivity index (χ1n) is 14.2. The fourth-order valence-corrected chi connectivity index (χ4v) is 6.02. The molecule has 3 atom stereocenters. The number of aryl methyl sites for hydroxylation is 1. The third-order valence-electron chi connectivity index (χ3n) is 8.52. The SMILES string of the molecule is Cc1cc(C2(C)N=C(c3ccc(OC(F)(F)F)cc3)NO2)nn1Cc1ccnc(N(C)CC2CCC3CC3CC2)c1. The molecule has 1 N–H and O–H groups in total. The van der Waals surface area contributed by atoms with Gasteiger partial charge in [-0.1, -0.05) is 0 Å². The van der Waals surface area contributed by atoms with E-state index >= 15 is 0 Å². The van der Waals surface area contributed by atoms with Gasteiger partial charge in [-0.2, -0.15) is 5.10 Å². The lowest BCUT2D eigenvalue weighted by atomic mass is 9.98. The quantitative estimate of drug-likeness (QED) is 0.362. The lowest BCUT2D eigenvalue weighted by Gasteiger charge is -2.25. The van der Waals surface area contributed by atoms with Gasteiger partial charge in [-0.25, -0.2) is 20.3 Å². The molecule has 0 spiro atoms. The fraction of sp³-hybridized carbons (Fsp3) is 0.500. The average Bonchev–Trinajstić information content (AvgIpc) is 3.47. The number of amidine groups is 1. The molecule has 3 unspecified atom stereocenters. The Labute approximate surface area is 237 Å². The molecule has 6 rings (SSSR count). The first kappa shape index (κ1) is 27.6. The van der Waals surface area contributed by atoms with Gasteiger partial charge in [0.25, 0.3) is 0 Å². The van der Waals surface area contributed by atoms with Crippen LogP contribution >= 0.6 is 0 Å². The zero-order valence-corrected chi connectivity index (χ0v) is 23.5. The van der Waals surface area contributed by atoms with Crippen molar-refractivity contribution in [3.8, 4) is 5.75 Å². The maximum Gasteiger partial charge on any atom is 0.573 e. The summed E-state index contributed by atoms with van der Waals surface area (Å²) in [5.74, 6) is 3.78. The summed E-state index contributed by atoms with van der Waals surface area (Å²) in [4.78, 5) is 17.4. The van der Waals surface area contributed by atoms with E-state index < -0.39 is 12.1 Å². The minimum Gasteiger partial charge on any atom is -0.406 e. The van der Waals surface area contributed by atoms with Crippen LogP contribution in [0, 0.1) is 24.7 Å². The summed E-state index contributed by atoms with van der Waals surface area (Å²) >= 11 is 0. The Hall–Kier alpha value is -3.60. The van der Waals surface area contributed by atoms with Crippen molar-refractivity contribution >= 4 is 11.7 Å². The number of fused-ring (bicyclic) bond motifs is 1. The van der Waals surface area contributed by atoms with Crippen LogP contribution in [0.1, 0.15) is 61.5 Å². The lowest BCUT2D eigenvalue weighted by Crippen LogP contribution is -2.26. The molecular weight excluding hydrogens is 533 g/mol. The largest absolute Gasteiger partial charge is 0.573 e. The van der Waals surface area contributed by atoms with Crippen LogP contribution in [-0.2, 0) is 17.1 Å². The third kappa shape index (κ3) is 6.34. The van der Waals surface area contributed by atoms with Gasteiger partial charge in [-0.3, -0.25) is 4.68 Å². The molecule has 8 nitrogen and oxygen atoms in total. The van der Waals surface area contributed by atoms with Gasteiger partial charge in [-0.15, -0.1) is 13.2 Å². The molecule has 1 aliphatic heterocycles. The van der Waals surface area contributed by atoms with Crippen LogP contribution in [-0.4, -0.2) is 40.6 Å². The highest BCUT2D eigenvalue weighted by Crippen LogP contribution is 2.49. The van der Waals surface area contributed by atoms with E-state index in [0.29, 0.717) is 23.6 Å². The van der Waals surface area contributed by atoms with Crippen molar-refractivity contribution in [3.63, 3.8) is 0 Å². The molecule has 2 fully saturated rings. The Morgan fingerprint density at radius 2 is 1.83 bits per heavy atom. The first-order valence-corrected chi connectivity index (χ1v) is 14.2. The van der Waals surface area contributed by atoms with E-state index in [1.165, 1.54) is 56.4 Å². The number of halogens is 3. The van der Waals surface area contributed by atoms with Crippen molar-refractivity contribution in [2.24, 2.45) is 22.7 Å². The van der Waals surface area contributed by atoms with E-state index in [1.54, 1.807) is 6.92 Å². The number of hydroxylamine groups is 1. The molecule has 3 aliphatic rings. The molecule has 0 amide bonds. The topological polar surface area (TPSA) is 76.8 Å². The Morgan fingerprint density at radius 1 is 1.10 bits per heavy atom. The van der Waals surface area contributed by atoms with Crippen LogP contribution in [0.15, 0.2) is 53.7 Å². The van der Waals surface area contributed by atoms with Crippen molar-refractivity contribution in [3.05, 3.63) is 71.2 Å². The number of nitrogens with zero attached hydrogens (tertiary/aromatic N) is 5. The van der Waals surface area contributed by atoms with Crippen molar-refractivity contribution in [1.29, 1.82) is 0 Å². The molecule has 1 aromatic carbocycles. The average molecular weight is 569 g/mol. The van der Waals surface area contributed by atoms with Crippen LogP contribution < -0.4 is 15.1 Å². The predicted octanol–water partition coefficient (Wildman–Crippen LogP) is 5.95. The molecule has 2 saturated carbocycles. The molecule has 2 aromatic heterocycles. The van der Waals surface area contributed by atoms with Gasteiger partial charge < -0.3 is 9.64 Å². The van der Waals surface area contributed by atoms with Crippen molar-refractivity contribution in [1.82, 2.24) is 20.2 Å². The molecule has 3 heterocycles. The maximum absolute atomic E-state index is 12.5. The molecule has 0 radical (unpaired) electrons. The number of aromatic nitrogens is 3. The Balaban J connectivity index is 1.12. The van der Waals surface area contributed by atoms with Crippen LogP contribution in [0.2, 0.25) is 0 Å². The molecule has 3 aromatic rings. The summed E-state index contributed by atoms with van der Waals surface area (Å²) in [7, 11) is 2.13. The van der Waals surface area contributed by atoms with E-state index in [9.17, 15) is 13.2 Å². The summed E-state index contributed by atoms with van der Waals surface area (Å²) in [5.41, 5.74) is 4.92. The third-order valence-corrected chi connectivity index (χ3v) is 8.52. The summed E-state index contributed by atoms with van der Waals surface area (Å²) in [6.07, 6.45) is 3.96. The van der Waals surface area contributed by atoms with E-state index in [0.717, 1.165) is 41.4 Å². The van der Waals surface area contributed by atoms with E-state index in [-0.39, 0.29) is 5.75 Å². The number of benzene rings is 1. The Morgan fingerprint density at radius 3 is 2.54 bits per heavy atom. The lowest BCUT2D eigenvalue weighted by molar-refractivity contribution is -0.274. The second-order valence-electron chi connectivity index (χ2n) is 11.7. The number of hydrogen-bond acceptors (Lipinski definition) is 7. The number of nitrogens with one attached hydrogen (secondary N) is 1. The van der Waals surface area contributed by atoms with Crippen LogP contribution in [0.4, 0.5) is 19.0 Å². The predicted molar refractivity (Wildman–Crippen MR) is 148 cm³/mol. The minimum absolute atomic E-state index is 0.302. The summed E-state index contributed by atoms with van der Waals surface area (Å²) < 4.78 is 43.3. The number of aliphatic imine (C=N–C) groups is 1. The standard InChI is InChI=1S/C30H35F3N6O2/c1-19-14-26(29(2)35-28(37-41-29)22-8-10-25(11-9-22)40-30(31,32)33)36-39(19)18-21-12-13-34-27(15-21)38(3)17-20-4-6-23-16-24(23)7-5-20/h8-15,20,23-24H,4-7,16-18H2,1-3H3,(H,35,37). The monoisotopic (exact) mass is 568 g/mol. The minimum atomic E-state index is -4.74. The van der Waals surface area contributed by atoms with Gasteiger partial charge in [-0.05, 0) is 112 Å².